The number of hydrogen-bond donors (Lipinski definition) is 0. The third-order valence-corrected chi connectivity index (χ3v) is 8.57. The second kappa shape index (κ2) is 10.3. The fourth-order valence-corrected chi connectivity index (χ4v) is 6.82. The van der Waals surface area contributed by atoms with Crippen LogP contribution in [0.4, 0.5) is 5.69 Å². The molecule has 0 aromatic heterocycles. The van der Waals surface area contributed by atoms with Crippen molar-refractivity contribution in [2.45, 2.75) is 58.0 Å². The van der Waals surface area contributed by atoms with Crippen LogP contribution >= 0.6 is 0 Å². The Morgan fingerprint density at radius 3 is 2.21 bits per heavy atom. The molecule has 1 fully saturated rings. The van der Waals surface area contributed by atoms with Crippen LogP contribution in [-0.2, 0) is 11.3 Å². The molecule has 5 nitrogen and oxygen atoms in total. The minimum atomic E-state index is -0.261. The Labute approximate surface area is 226 Å². The van der Waals surface area contributed by atoms with Crippen LogP contribution in [0.2, 0.25) is 0 Å². The second-order valence-corrected chi connectivity index (χ2v) is 10.9. The first-order valence-electron chi connectivity index (χ1n) is 14.3. The molecule has 6 rings (SSSR count). The van der Waals surface area contributed by atoms with Crippen molar-refractivity contribution in [1.29, 1.82) is 0 Å². The number of amides is 2. The molecule has 0 spiro atoms. The number of piperidine rings is 1. The zero-order valence-corrected chi connectivity index (χ0v) is 22.5. The van der Waals surface area contributed by atoms with E-state index in [0.29, 0.717) is 0 Å². The number of rotatable bonds is 7. The van der Waals surface area contributed by atoms with Gasteiger partial charge in [-0.2, -0.15) is 0 Å². The van der Waals surface area contributed by atoms with Crippen LogP contribution < -0.4 is 4.90 Å². The van der Waals surface area contributed by atoms with Crippen molar-refractivity contribution in [3.8, 4) is 11.1 Å². The maximum absolute atomic E-state index is 14.1. The van der Waals surface area contributed by atoms with E-state index in [-0.39, 0.29) is 23.8 Å². The van der Waals surface area contributed by atoms with Gasteiger partial charge >= 0.3 is 0 Å². The van der Waals surface area contributed by atoms with Crippen LogP contribution in [0.3, 0.4) is 0 Å². The Kier molecular flexibility index (Phi) is 6.69. The molecule has 38 heavy (non-hydrogen) atoms. The summed E-state index contributed by atoms with van der Waals surface area (Å²) in [4.78, 5) is 33.8. The molecule has 2 aliphatic heterocycles. The number of carbonyl (C=O) groups is 2. The van der Waals surface area contributed by atoms with E-state index in [9.17, 15) is 9.59 Å². The fourth-order valence-electron chi connectivity index (χ4n) is 6.82. The first kappa shape index (κ1) is 24.7. The fraction of sp³-hybridized carbons (Fsp3) is 0.394. The van der Waals surface area contributed by atoms with E-state index in [2.05, 4.69) is 77.1 Å². The highest BCUT2D eigenvalue weighted by molar-refractivity contribution is 5.99. The van der Waals surface area contributed by atoms with Gasteiger partial charge < -0.3 is 14.7 Å². The lowest BCUT2D eigenvalue weighted by Crippen LogP contribution is -2.45. The zero-order valence-electron chi connectivity index (χ0n) is 22.5. The summed E-state index contributed by atoms with van der Waals surface area (Å²) in [6.07, 6.45) is 3.79. The van der Waals surface area contributed by atoms with Gasteiger partial charge in [0.15, 0.2) is 0 Å². The number of carbonyl (C=O) groups excluding carboxylic acids is 2. The molecule has 0 bridgehead atoms. The topological polar surface area (TPSA) is 43.9 Å². The summed E-state index contributed by atoms with van der Waals surface area (Å²) in [5.74, 6) is 0.137. The van der Waals surface area contributed by atoms with Crippen LogP contribution in [0, 0.1) is 0 Å². The second-order valence-electron chi connectivity index (χ2n) is 10.9. The summed E-state index contributed by atoms with van der Waals surface area (Å²) < 4.78 is 0. The molecule has 196 valence electrons. The van der Waals surface area contributed by atoms with Gasteiger partial charge in [-0.15, -0.1) is 0 Å². The summed E-state index contributed by atoms with van der Waals surface area (Å²) in [7, 11) is 0. The van der Waals surface area contributed by atoms with Gasteiger partial charge in [-0.05, 0) is 60.1 Å². The Morgan fingerprint density at radius 2 is 1.50 bits per heavy atom. The molecule has 3 aliphatic rings. The van der Waals surface area contributed by atoms with E-state index in [1.165, 1.54) is 22.4 Å². The van der Waals surface area contributed by atoms with Crippen molar-refractivity contribution in [3.05, 3.63) is 89.0 Å². The first-order chi connectivity index (χ1) is 18.6. The molecule has 5 heteroatoms. The average molecular weight is 508 g/mol. The Balaban J connectivity index is 1.28. The van der Waals surface area contributed by atoms with Crippen molar-refractivity contribution < 1.29 is 9.59 Å². The normalized spacial score (nSPS) is 18.4. The number of fused-ring (bicyclic) bond motifs is 4. The van der Waals surface area contributed by atoms with E-state index in [4.69, 9.17) is 0 Å². The molecule has 0 radical (unpaired) electrons. The molecule has 2 amide bonds. The monoisotopic (exact) mass is 507 g/mol. The number of anilines is 1. The molecular formula is C33H37N3O2. The minimum Gasteiger partial charge on any atom is -0.371 e. The minimum absolute atomic E-state index is 0.174. The highest BCUT2D eigenvalue weighted by Gasteiger charge is 2.40. The molecule has 3 aromatic carbocycles. The average Bonchev–Trinajstić information content (AvgIpc) is 3.48. The maximum Gasteiger partial charge on any atom is 0.254 e. The van der Waals surface area contributed by atoms with Gasteiger partial charge in [0.25, 0.3) is 5.91 Å². The van der Waals surface area contributed by atoms with Crippen molar-refractivity contribution in [1.82, 2.24) is 9.80 Å². The quantitative estimate of drug-likeness (QED) is 0.390. The highest BCUT2D eigenvalue weighted by Crippen LogP contribution is 2.50. The van der Waals surface area contributed by atoms with Crippen molar-refractivity contribution >= 4 is 17.5 Å². The van der Waals surface area contributed by atoms with Gasteiger partial charge in [0, 0.05) is 55.6 Å². The van der Waals surface area contributed by atoms with E-state index >= 15 is 0 Å². The molecule has 1 atom stereocenters. The molecule has 1 unspecified atom stereocenters. The molecule has 0 N–H and O–H groups in total. The molecule has 1 aliphatic carbocycles. The van der Waals surface area contributed by atoms with Crippen LogP contribution in [0.5, 0.6) is 0 Å². The van der Waals surface area contributed by atoms with Crippen LogP contribution in [0.15, 0.2) is 66.7 Å². The molecule has 1 saturated heterocycles. The largest absolute Gasteiger partial charge is 0.371 e. The van der Waals surface area contributed by atoms with E-state index in [1.54, 1.807) is 0 Å². The van der Waals surface area contributed by atoms with Gasteiger partial charge in [0.1, 0.15) is 0 Å². The van der Waals surface area contributed by atoms with E-state index in [1.807, 2.05) is 18.2 Å². The highest BCUT2D eigenvalue weighted by atomic mass is 16.2. The smallest absolute Gasteiger partial charge is 0.254 e. The van der Waals surface area contributed by atoms with Gasteiger partial charge in [-0.1, -0.05) is 68.4 Å². The van der Waals surface area contributed by atoms with Crippen LogP contribution in [0.1, 0.15) is 72.5 Å². The standard InChI is InChI=1S/C33H37N3O2/c1-3-18-35(19-4-2)33(38)31-28-13-8-7-12-26(28)27-14-9-15-29(30(27)31)34-20-16-24(17-21-34)36-22-23-10-5-6-11-25(23)32(36)37/h5-15,24,31H,3-4,16-22H2,1-2H3. The third kappa shape index (κ3) is 4.09. The first-order valence-corrected chi connectivity index (χ1v) is 14.3. The summed E-state index contributed by atoms with van der Waals surface area (Å²) in [5.41, 5.74) is 7.86. The maximum atomic E-state index is 14.1. The Bertz CT molecular complexity index is 1350. The number of hydrogen-bond acceptors (Lipinski definition) is 3. The number of benzene rings is 3. The van der Waals surface area contributed by atoms with Gasteiger partial charge in [0.05, 0.1) is 5.92 Å². The van der Waals surface area contributed by atoms with Crippen LogP contribution in [-0.4, -0.2) is 53.8 Å². The number of nitrogens with zero attached hydrogens (tertiary/aromatic N) is 3. The van der Waals surface area contributed by atoms with Crippen molar-refractivity contribution in [2.75, 3.05) is 31.1 Å². The molecule has 3 aromatic rings. The predicted octanol–water partition coefficient (Wildman–Crippen LogP) is 6.07. The lowest BCUT2D eigenvalue weighted by atomic mass is 9.92. The lowest BCUT2D eigenvalue weighted by molar-refractivity contribution is -0.131. The summed E-state index contributed by atoms with van der Waals surface area (Å²) >= 11 is 0. The van der Waals surface area contributed by atoms with Gasteiger partial charge in [-0.25, -0.2) is 0 Å². The predicted molar refractivity (Wildman–Crippen MR) is 152 cm³/mol. The van der Waals surface area contributed by atoms with E-state index in [0.717, 1.165) is 75.1 Å². The van der Waals surface area contributed by atoms with Crippen molar-refractivity contribution in [3.63, 3.8) is 0 Å². The van der Waals surface area contributed by atoms with Crippen molar-refractivity contribution in [2.24, 2.45) is 0 Å². The Hall–Kier alpha value is -3.60. The molecular weight excluding hydrogens is 470 g/mol. The third-order valence-electron chi connectivity index (χ3n) is 8.57. The van der Waals surface area contributed by atoms with Gasteiger partial charge in [0.2, 0.25) is 5.91 Å². The molecule has 2 heterocycles. The summed E-state index contributed by atoms with van der Waals surface area (Å²) in [6, 6.07) is 23.2. The summed E-state index contributed by atoms with van der Waals surface area (Å²) in [6.45, 7) is 8.35. The Morgan fingerprint density at radius 1 is 0.842 bits per heavy atom. The zero-order chi connectivity index (χ0) is 26.2. The van der Waals surface area contributed by atoms with E-state index < -0.39 is 0 Å². The molecule has 0 saturated carbocycles. The summed E-state index contributed by atoms with van der Waals surface area (Å²) in [5, 5.41) is 0. The van der Waals surface area contributed by atoms with Gasteiger partial charge in [-0.3, -0.25) is 9.59 Å². The van der Waals surface area contributed by atoms with Crippen LogP contribution in [0.25, 0.3) is 11.1 Å². The SMILES string of the molecule is CCCN(CCC)C(=O)C1c2ccccc2-c2cccc(N3CCC(N4Cc5ccccc5C4=O)CC3)c21. The lowest BCUT2D eigenvalue weighted by Gasteiger charge is -2.39.